The van der Waals surface area contributed by atoms with E-state index in [0.29, 0.717) is 17.2 Å². The van der Waals surface area contributed by atoms with Crippen LogP contribution in [-0.4, -0.2) is 46.0 Å². The number of aliphatic carboxylic acids is 1. The average Bonchev–Trinajstić information content (AvgIpc) is 2.69. The number of carboxylic acid groups (broad SMARTS) is 1. The van der Waals surface area contributed by atoms with Crippen LogP contribution in [0.4, 0.5) is 0 Å². The first-order chi connectivity index (χ1) is 8.99. The summed E-state index contributed by atoms with van der Waals surface area (Å²) in [6, 6.07) is 1.56. The van der Waals surface area contributed by atoms with E-state index in [9.17, 15) is 9.59 Å². The van der Waals surface area contributed by atoms with Gasteiger partial charge in [0.1, 0.15) is 0 Å². The quantitative estimate of drug-likeness (QED) is 0.802. The fourth-order valence-electron chi connectivity index (χ4n) is 1.89. The molecule has 1 atom stereocenters. The summed E-state index contributed by atoms with van der Waals surface area (Å²) in [5, 5.41) is 8.92. The summed E-state index contributed by atoms with van der Waals surface area (Å²) in [6.07, 6.45) is 0.00640. The lowest BCUT2D eigenvalue weighted by molar-refractivity contribution is -0.138. The Morgan fingerprint density at radius 1 is 1.47 bits per heavy atom. The van der Waals surface area contributed by atoms with Gasteiger partial charge in [0, 0.05) is 22.5 Å². The number of halogens is 2. The zero-order valence-corrected chi connectivity index (χ0v) is 14.6. The Hall–Kier alpha value is -0.0500. The number of hydrogen-bond acceptors (Lipinski definition) is 4. The van der Waals surface area contributed by atoms with Crippen molar-refractivity contribution in [2.24, 2.45) is 0 Å². The Morgan fingerprint density at radius 2 is 2.21 bits per heavy atom. The van der Waals surface area contributed by atoms with E-state index in [1.165, 1.54) is 11.3 Å². The van der Waals surface area contributed by atoms with Gasteiger partial charge in [0.25, 0.3) is 5.91 Å². The number of amides is 1. The molecule has 0 aliphatic carbocycles. The molecule has 1 unspecified atom stereocenters. The molecule has 1 fully saturated rings. The van der Waals surface area contributed by atoms with Crippen LogP contribution in [0.15, 0.2) is 14.3 Å². The molecule has 104 valence electrons. The average molecular weight is 429 g/mol. The number of hydrogen-bond donors (Lipinski definition) is 1. The summed E-state index contributed by atoms with van der Waals surface area (Å²) in [5.41, 5.74) is 0. The highest BCUT2D eigenvalue weighted by Crippen LogP contribution is 2.34. The minimum absolute atomic E-state index is 0.00640. The highest BCUT2D eigenvalue weighted by atomic mass is 79.9. The predicted molar refractivity (Wildman–Crippen MR) is 84.1 cm³/mol. The SMILES string of the molecule is O=C(O)CC1CSCCN1C(=O)c1cc(Br)c(Br)s1. The van der Waals surface area contributed by atoms with Gasteiger partial charge in [0.15, 0.2) is 0 Å². The minimum Gasteiger partial charge on any atom is -0.481 e. The van der Waals surface area contributed by atoms with Crippen molar-refractivity contribution in [2.45, 2.75) is 12.5 Å². The first kappa shape index (κ1) is 15.3. The van der Waals surface area contributed by atoms with E-state index in [-0.39, 0.29) is 18.4 Å². The molecular weight excluding hydrogens is 418 g/mol. The molecule has 1 N–H and O–H groups in total. The molecule has 4 nitrogen and oxygen atoms in total. The number of carboxylic acids is 1. The number of rotatable bonds is 3. The minimum atomic E-state index is -0.862. The van der Waals surface area contributed by atoms with Gasteiger partial charge in [0.2, 0.25) is 0 Å². The Kier molecular flexibility index (Phi) is 5.33. The first-order valence-electron chi connectivity index (χ1n) is 5.54. The highest BCUT2D eigenvalue weighted by Gasteiger charge is 2.30. The first-order valence-corrected chi connectivity index (χ1v) is 9.10. The van der Waals surface area contributed by atoms with Crippen molar-refractivity contribution in [3.05, 3.63) is 19.2 Å². The molecule has 8 heteroatoms. The zero-order chi connectivity index (χ0) is 14.0. The van der Waals surface area contributed by atoms with Gasteiger partial charge in [-0.3, -0.25) is 9.59 Å². The zero-order valence-electron chi connectivity index (χ0n) is 9.77. The van der Waals surface area contributed by atoms with Gasteiger partial charge in [-0.25, -0.2) is 0 Å². The van der Waals surface area contributed by atoms with Crippen molar-refractivity contribution >= 4 is 66.8 Å². The smallest absolute Gasteiger partial charge is 0.305 e. The lowest BCUT2D eigenvalue weighted by atomic mass is 10.2. The van der Waals surface area contributed by atoms with E-state index in [0.717, 1.165) is 14.0 Å². The standard InChI is InChI=1S/C11H11Br2NO3S2/c12-7-4-8(19-10(7)13)11(17)14-1-2-18-5-6(14)3-9(15)16/h4,6H,1-3,5H2,(H,15,16). The molecule has 1 saturated heterocycles. The van der Waals surface area contributed by atoms with Gasteiger partial charge < -0.3 is 10.0 Å². The fraction of sp³-hybridized carbons (Fsp3) is 0.455. The predicted octanol–water partition coefficient (Wildman–Crippen LogP) is 3.31. The second-order valence-electron chi connectivity index (χ2n) is 4.06. The third-order valence-electron chi connectivity index (χ3n) is 2.75. The normalized spacial score (nSPS) is 19.5. The second kappa shape index (κ2) is 6.60. The summed E-state index contributed by atoms with van der Waals surface area (Å²) >= 11 is 9.78. The molecule has 0 saturated carbocycles. The topological polar surface area (TPSA) is 57.6 Å². The third-order valence-corrected chi connectivity index (χ3v) is 7.09. The summed E-state index contributed by atoms with van der Waals surface area (Å²) in [6.45, 7) is 0.606. The number of carbonyl (C=O) groups excluding carboxylic acids is 1. The molecule has 1 aromatic heterocycles. The summed E-state index contributed by atoms with van der Waals surface area (Å²) in [4.78, 5) is 25.6. The molecule has 2 rings (SSSR count). The van der Waals surface area contributed by atoms with Gasteiger partial charge in [0.05, 0.1) is 21.1 Å². The van der Waals surface area contributed by atoms with Crippen LogP contribution in [0.2, 0.25) is 0 Å². The number of nitrogens with zero attached hydrogens (tertiary/aromatic N) is 1. The van der Waals surface area contributed by atoms with E-state index in [2.05, 4.69) is 31.9 Å². The maximum atomic E-state index is 12.4. The molecular formula is C11H11Br2NO3S2. The van der Waals surface area contributed by atoms with E-state index >= 15 is 0 Å². The Bertz CT molecular complexity index is 487. The molecule has 0 bridgehead atoms. The maximum Gasteiger partial charge on any atom is 0.305 e. The molecule has 1 aromatic rings. The molecule has 1 aliphatic rings. The third kappa shape index (κ3) is 3.74. The molecule has 0 radical (unpaired) electrons. The van der Waals surface area contributed by atoms with Gasteiger partial charge in [-0.15, -0.1) is 11.3 Å². The Balaban J connectivity index is 2.17. The Labute approximate surface area is 135 Å². The van der Waals surface area contributed by atoms with Gasteiger partial charge in [-0.2, -0.15) is 11.8 Å². The van der Waals surface area contributed by atoms with Crippen molar-refractivity contribution in [2.75, 3.05) is 18.1 Å². The van der Waals surface area contributed by atoms with Crippen LogP contribution in [0, 0.1) is 0 Å². The summed E-state index contributed by atoms with van der Waals surface area (Å²) < 4.78 is 1.72. The van der Waals surface area contributed by atoms with Crippen molar-refractivity contribution in [1.29, 1.82) is 0 Å². The fourth-order valence-corrected chi connectivity index (χ4v) is 4.94. The van der Waals surface area contributed by atoms with E-state index in [1.54, 1.807) is 22.7 Å². The molecule has 1 aliphatic heterocycles. The van der Waals surface area contributed by atoms with Crippen LogP contribution >= 0.6 is 55.0 Å². The number of thioether (sulfide) groups is 1. The van der Waals surface area contributed by atoms with E-state index in [4.69, 9.17) is 5.11 Å². The van der Waals surface area contributed by atoms with Crippen LogP contribution in [-0.2, 0) is 4.79 Å². The number of carbonyl (C=O) groups is 2. The van der Waals surface area contributed by atoms with Crippen molar-refractivity contribution in [1.82, 2.24) is 4.90 Å². The van der Waals surface area contributed by atoms with Gasteiger partial charge >= 0.3 is 5.97 Å². The molecule has 0 aromatic carbocycles. The van der Waals surface area contributed by atoms with Crippen molar-refractivity contribution in [3.63, 3.8) is 0 Å². The van der Waals surface area contributed by atoms with Gasteiger partial charge in [-0.05, 0) is 37.9 Å². The van der Waals surface area contributed by atoms with Crippen LogP contribution in [0.3, 0.4) is 0 Å². The van der Waals surface area contributed by atoms with Crippen LogP contribution in [0.25, 0.3) is 0 Å². The lowest BCUT2D eigenvalue weighted by Gasteiger charge is -2.34. The number of thiophene rings is 1. The van der Waals surface area contributed by atoms with Crippen molar-refractivity contribution in [3.8, 4) is 0 Å². The van der Waals surface area contributed by atoms with Crippen LogP contribution < -0.4 is 0 Å². The van der Waals surface area contributed by atoms with Crippen molar-refractivity contribution < 1.29 is 14.7 Å². The van der Waals surface area contributed by atoms with Gasteiger partial charge in [-0.1, -0.05) is 0 Å². The van der Waals surface area contributed by atoms with Crippen LogP contribution in [0.5, 0.6) is 0 Å². The molecule has 19 heavy (non-hydrogen) atoms. The summed E-state index contributed by atoms with van der Waals surface area (Å²) in [7, 11) is 0. The molecule has 2 heterocycles. The molecule has 1 amide bonds. The summed E-state index contributed by atoms with van der Waals surface area (Å²) in [5.74, 6) is 0.600. The largest absolute Gasteiger partial charge is 0.481 e. The maximum absolute atomic E-state index is 12.4. The lowest BCUT2D eigenvalue weighted by Crippen LogP contribution is -2.46. The highest BCUT2D eigenvalue weighted by molar-refractivity contribution is 9.13. The monoisotopic (exact) mass is 427 g/mol. The van der Waals surface area contributed by atoms with E-state index in [1.807, 2.05) is 0 Å². The van der Waals surface area contributed by atoms with Crippen LogP contribution in [0.1, 0.15) is 16.1 Å². The molecule has 0 spiro atoms. The Morgan fingerprint density at radius 3 is 2.79 bits per heavy atom. The second-order valence-corrected chi connectivity index (χ2v) is 8.43. The van der Waals surface area contributed by atoms with E-state index < -0.39 is 5.97 Å².